The van der Waals surface area contributed by atoms with E-state index < -0.39 is 0 Å². The lowest BCUT2D eigenvalue weighted by atomic mass is 10.1. The van der Waals surface area contributed by atoms with Crippen LogP contribution in [-0.2, 0) is 6.54 Å². The summed E-state index contributed by atoms with van der Waals surface area (Å²) in [5, 5.41) is 5.04. The van der Waals surface area contributed by atoms with Crippen LogP contribution in [0.3, 0.4) is 0 Å². The number of hydrogen-bond acceptors (Lipinski definition) is 3. The highest BCUT2D eigenvalue weighted by Gasteiger charge is 2.17. The number of methoxy groups -OCH3 is 1. The van der Waals surface area contributed by atoms with Gasteiger partial charge in [-0.25, -0.2) is 4.98 Å². The number of aromatic amines is 1. The maximum Gasteiger partial charge on any atom is 0.270 e. The van der Waals surface area contributed by atoms with Crippen LogP contribution in [0.4, 0.5) is 0 Å². The Morgan fingerprint density at radius 3 is 2.47 bits per heavy atom. The molecule has 2 aromatic heterocycles. The molecule has 3 aromatic carbocycles. The van der Waals surface area contributed by atoms with Gasteiger partial charge in [0.15, 0.2) is 0 Å². The van der Waals surface area contributed by atoms with Crippen molar-refractivity contribution in [1.29, 1.82) is 0 Å². The number of H-pyrrole nitrogens is 1. The van der Waals surface area contributed by atoms with E-state index >= 15 is 0 Å². The van der Waals surface area contributed by atoms with Crippen LogP contribution in [0.25, 0.3) is 33.1 Å². The summed E-state index contributed by atoms with van der Waals surface area (Å²) < 4.78 is 5.29. The second-order valence-electron chi connectivity index (χ2n) is 7.85. The Morgan fingerprint density at radius 2 is 1.72 bits per heavy atom. The molecule has 5 heteroatoms. The first-order chi connectivity index (χ1) is 15.6. The van der Waals surface area contributed by atoms with Crippen molar-refractivity contribution in [2.24, 2.45) is 0 Å². The average Bonchev–Trinajstić information content (AvgIpc) is 3.22. The van der Waals surface area contributed by atoms with Crippen LogP contribution in [0.2, 0.25) is 0 Å². The molecule has 0 aliphatic heterocycles. The Morgan fingerprint density at radius 1 is 0.969 bits per heavy atom. The molecule has 0 spiro atoms. The van der Waals surface area contributed by atoms with Crippen molar-refractivity contribution in [2.75, 3.05) is 7.11 Å². The van der Waals surface area contributed by atoms with E-state index in [1.54, 1.807) is 7.11 Å². The zero-order chi connectivity index (χ0) is 22.1. The minimum absolute atomic E-state index is 0.201. The van der Waals surface area contributed by atoms with Crippen LogP contribution in [0.1, 0.15) is 21.6 Å². The van der Waals surface area contributed by atoms with Crippen LogP contribution in [-0.4, -0.2) is 23.0 Å². The summed E-state index contributed by atoms with van der Waals surface area (Å²) in [5.74, 6) is 0.571. The van der Waals surface area contributed by atoms with E-state index in [1.165, 1.54) is 5.56 Å². The molecule has 1 amide bonds. The van der Waals surface area contributed by atoms with Gasteiger partial charge in [0.25, 0.3) is 5.91 Å². The third-order valence-electron chi connectivity index (χ3n) is 5.67. The molecule has 0 aliphatic carbocycles. The Hall–Kier alpha value is -4.12. The highest BCUT2D eigenvalue weighted by molar-refractivity contribution is 6.13. The molecule has 0 saturated heterocycles. The van der Waals surface area contributed by atoms with Gasteiger partial charge >= 0.3 is 0 Å². The Balaban J connectivity index is 1.58. The van der Waals surface area contributed by atoms with Crippen molar-refractivity contribution < 1.29 is 9.53 Å². The van der Waals surface area contributed by atoms with E-state index in [9.17, 15) is 4.79 Å². The van der Waals surface area contributed by atoms with Crippen LogP contribution >= 0.6 is 0 Å². The van der Waals surface area contributed by atoms with Gasteiger partial charge in [0.1, 0.15) is 11.4 Å². The van der Waals surface area contributed by atoms with Crippen LogP contribution in [0.5, 0.6) is 5.75 Å². The van der Waals surface area contributed by atoms with Gasteiger partial charge in [-0.3, -0.25) is 4.79 Å². The maximum atomic E-state index is 13.1. The molecule has 0 aliphatic rings. The molecule has 0 saturated carbocycles. The Bertz CT molecular complexity index is 1420. The summed E-state index contributed by atoms with van der Waals surface area (Å²) in [6, 6.07) is 25.8. The van der Waals surface area contributed by atoms with E-state index in [2.05, 4.69) is 16.4 Å². The van der Waals surface area contributed by atoms with Gasteiger partial charge in [0, 0.05) is 28.4 Å². The number of carbonyl (C=O) groups excluding carboxylic acids is 1. The van der Waals surface area contributed by atoms with Crippen molar-refractivity contribution in [3.8, 4) is 17.0 Å². The molecule has 5 aromatic rings. The quantitative estimate of drug-likeness (QED) is 0.386. The van der Waals surface area contributed by atoms with Crippen LogP contribution < -0.4 is 10.1 Å². The topological polar surface area (TPSA) is 67.0 Å². The molecule has 0 radical (unpaired) electrons. The number of aryl methyl sites for hydroxylation is 1. The molecule has 5 nitrogen and oxygen atoms in total. The first-order valence-corrected chi connectivity index (χ1v) is 10.5. The molecule has 2 N–H and O–H groups in total. The van der Waals surface area contributed by atoms with E-state index in [0.717, 1.165) is 44.4 Å². The highest BCUT2D eigenvalue weighted by atomic mass is 16.5. The fraction of sp³-hybridized carbons (Fsp3) is 0.111. The second kappa shape index (κ2) is 8.19. The van der Waals surface area contributed by atoms with Gasteiger partial charge in [0.2, 0.25) is 0 Å². The molecule has 5 rings (SSSR count). The predicted octanol–water partition coefficient (Wildman–Crippen LogP) is 5.63. The normalized spacial score (nSPS) is 11.1. The van der Waals surface area contributed by atoms with Crippen LogP contribution in [0.15, 0.2) is 78.9 Å². The Kier molecular flexibility index (Phi) is 5.07. The summed E-state index contributed by atoms with van der Waals surface area (Å²) in [6.45, 7) is 2.49. The minimum atomic E-state index is -0.201. The molecular formula is C27H23N3O2. The minimum Gasteiger partial charge on any atom is -0.497 e. The SMILES string of the molecule is COc1ccc(-c2nc(C(=O)NCc3ccc(C)cc3)cc3c2[nH]c2ccccc23)cc1. The number of nitrogens with zero attached hydrogens (tertiary/aromatic N) is 1. The molecule has 0 fully saturated rings. The summed E-state index contributed by atoms with van der Waals surface area (Å²) in [7, 11) is 1.64. The van der Waals surface area contributed by atoms with Gasteiger partial charge in [-0.15, -0.1) is 0 Å². The van der Waals surface area contributed by atoms with Crippen molar-refractivity contribution in [3.63, 3.8) is 0 Å². The number of hydrogen-bond donors (Lipinski definition) is 2. The molecular weight excluding hydrogens is 398 g/mol. The number of amides is 1. The lowest BCUT2D eigenvalue weighted by Crippen LogP contribution is -2.24. The zero-order valence-electron chi connectivity index (χ0n) is 18.0. The number of aromatic nitrogens is 2. The maximum absolute atomic E-state index is 13.1. The zero-order valence-corrected chi connectivity index (χ0v) is 18.0. The van der Waals surface area contributed by atoms with Gasteiger partial charge < -0.3 is 15.0 Å². The van der Waals surface area contributed by atoms with Gasteiger partial charge in [-0.2, -0.15) is 0 Å². The standard InChI is InChI=1S/C27H23N3O2/c1-17-7-9-18(10-8-17)16-28-27(31)24-15-22-21-5-3-4-6-23(21)29-26(22)25(30-24)19-11-13-20(32-2)14-12-19/h3-15,29H,16H2,1-2H3,(H,28,31). The lowest BCUT2D eigenvalue weighted by molar-refractivity contribution is 0.0946. The first-order valence-electron chi connectivity index (χ1n) is 10.5. The van der Waals surface area contributed by atoms with Gasteiger partial charge in [-0.05, 0) is 48.9 Å². The number of rotatable bonds is 5. The van der Waals surface area contributed by atoms with E-state index in [4.69, 9.17) is 9.72 Å². The third-order valence-corrected chi connectivity index (χ3v) is 5.67. The van der Waals surface area contributed by atoms with Crippen molar-refractivity contribution >= 4 is 27.7 Å². The summed E-state index contributed by atoms with van der Waals surface area (Å²) in [5.41, 5.74) is 6.20. The monoisotopic (exact) mass is 421 g/mol. The van der Waals surface area contributed by atoms with Crippen molar-refractivity contribution in [2.45, 2.75) is 13.5 Å². The summed E-state index contributed by atoms with van der Waals surface area (Å²) >= 11 is 0. The number of pyridine rings is 1. The molecule has 2 heterocycles. The second-order valence-corrected chi connectivity index (χ2v) is 7.85. The summed E-state index contributed by atoms with van der Waals surface area (Å²) in [6.07, 6.45) is 0. The highest BCUT2D eigenvalue weighted by Crippen LogP contribution is 2.33. The fourth-order valence-corrected chi connectivity index (χ4v) is 3.90. The number of benzene rings is 3. The van der Waals surface area contributed by atoms with E-state index in [1.807, 2.05) is 79.7 Å². The molecule has 0 atom stereocenters. The molecule has 0 unspecified atom stereocenters. The predicted molar refractivity (Wildman–Crippen MR) is 128 cm³/mol. The smallest absolute Gasteiger partial charge is 0.270 e. The number of nitrogens with one attached hydrogen (secondary N) is 2. The number of carbonyl (C=O) groups is 1. The van der Waals surface area contributed by atoms with E-state index in [0.29, 0.717) is 12.2 Å². The van der Waals surface area contributed by atoms with E-state index in [-0.39, 0.29) is 5.91 Å². The van der Waals surface area contributed by atoms with Crippen LogP contribution in [0, 0.1) is 6.92 Å². The molecule has 0 bridgehead atoms. The Labute approximate surface area is 186 Å². The van der Waals surface area contributed by atoms with Gasteiger partial charge in [-0.1, -0.05) is 48.0 Å². The average molecular weight is 422 g/mol. The molecule has 158 valence electrons. The first kappa shape index (κ1) is 19.8. The van der Waals surface area contributed by atoms with Crippen molar-refractivity contribution in [3.05, 3.63) is 95.7 Å². The number of fused-ring (bicyclic) bond motifs is 3. The summed E-state index contributed by atoms with van der Waals surface area (Å²) in [4.78, 5) is 21.3. The third kappa shape index (κ3) is 3.69. The number of para-hydroxylation sites is 1. The lowest BCUT2D eigenvalue weighted by Gasteiger charge is -2.09. The fourth-order valence-electron chi connectivity index (χ4n) is 3.90. The largest absolute Gasteiger partial charge is 0.497 e. The number of ether oxygens (including phenoxy) is 1. The molecule has 32 heavy (non-hydrogen) atoms. The van der Waals surface area contributed by atoms with Crippen molar-refractivity contribution in [1.82, 2.24) is 15.3 Å². The van der Waals surface area contributed by atoms with Gasteiger partial charge in [0.05, 0.1) is 18.3 Å².